The maximum absolute atomic E-state index is 12.6. The number of nitrogens with one attached hydrogen (secondary N) is 1. The first kappa shape index (κ1) is 18.2. The molecule has 22 heavy (non-hydrogen) atoms. The number of likely N-dealkylation sites (N-methyl/N-ethyl adjacent to an activating group) is 1. The molecule has 5 heteroatoms. The van der Waals surface area contributed by atoms with Crippen LogP contribution in [0.2, 0.25) is 0 Å². The second kappa shape index (κ2) is 7.40. The molecular weight excluding hydrogens is 280 g/mol. The first-order chi connectivity index (χ1) is 10.3. The Bertz CT molecular complexity index is 551. The number of amides is 1. The van der Waals surface area contributed by atoms with Gasteiger partial charge in [0.25, 0.3) is 5.91 Å². The quantitative estimate of drug-likeness (QED) is 0.649. The van der Waals surface area contributed by atoms with E-state index < -0.39 is 5.97 Å². The summed E-state index contributed by atoms with van der Waals surface area (Å²) in [5, 5.41) is 2.91. The third kappa shape index (κ3) is 3.65. The Morgan fingerprint density at radius 1 is 1.27 bits per heavy atom. The predicted molar refractivity (Wildman–Crippen MR) is 87.9 cm³/mol. The van der Waals surface area contributed by atoms with E-state index in [2.05, 4.69) is 26.2 Å². The minimum atomic E-state index is -0.449. The molecule has 0 aromatic heterocycles. The Balaban J connectivity index is 3.10. The largest absolute Gasteiger partial charge is 0.465 e. The fraction of sp³-hybridized carbons (Fsp3) is 0.529. The summed E-state index contributed by atoms with van der Waals surface area (Å²) in [6.45, 7) is 9.64. The van der Waals surface area contributed by atoms with E-state index in [4.69, 9.17) is 4.74 Å². The molecule has 0 aliphatic heterocycles. The molecule has 0 spiro atoms. The van der Waals surface area contributed by atoms with E-state index in [-0.39, 0.29) is 11.9 Å². The molecule has 1 unspecified atom stereocenters. The zero-order chi connectivity index (χ0) is 16.9. The number of rotatable bonds is 6. The Morgan fingerprint density at radius 2 is 1.86 bits per heavy atom. The molecule has 122 valence electrons. The van der Waals surface area contributed by atoms with Crippen LogP contribution in [0.15, 0.2) is 18.2 Å². The van der Waals surface area contributed by atoms with Crippen LogP contribution in [0, 0.1) is 6.92 Å². The molecule has 0 saturated carbocycles. The highest BCUT2D eigenvalue weighted by atomic mass is 16.5. The number of nitrogens with zero attached hydrogens (tertiary/aromatic N) is 1. The van der Waals surface area contributed by atoms with Gasteiger partial charge in [-0.25, -0.2) is 4.79 Å². The van der Waals surface area contributed by atoms with E-state index in [0.29, 0.717) is 15.7 Å². The van der Waals surface area contributed by atoms with Crippen molar-refractivity contribution in [3.8, 4) is 0 Å². The Kier molecular flexibility index (Phi) is 6.11. The lowest BCUT2D eigenvalue weighted by Crippen LogP contribution is -2.55. The molecule has 5 nitrogen and oxygen atoms in total. The molecule has 1 aromatic rings. The van der Waals surface area contributed by atoms with E-state index in [1.54, 1.807) is 12.1 Å². The van der Waals surface area contributed by atoms with Crippen molar-refractivity contribution in [2.45, 2.75) is 33.7 Å². The van der Waals surface area contributed by atoms with Crippen molar-refractivity contribution in [2.75, 3.05) is 32.6 Å². The zero-order valence-electron chi connectivity index (χ0n) is 14.4. The maximum atomic E-state index is 12.6. The van der Waals surface area contributed by atoms with Crippen molar-refractivity contribution in [1.29, 1.82) is 0 Å². The Hall–Kier alpha value is -1.88. The number of benzene rings is 1. The van der Waals surface area contributed by atoms with Crippen LogP contribution in [0.25, 0.3) is 0 Å². The lowest BCUT2D eigenvalue weighted by molar-refractivity contribution is -0.919. The van der Waals surface area contributed by atoms with Crippen molar-refractivity contribution >= 4 is 17.6 Å². The van der Waals surface area contributed by atoms with Gasteiger partial charge in [-0.05, 0) is 39.3 Å². The normalized spacial score (nSPS) is 12.6. The number of carbonyl (C=O) groups is 2. The second-order valence-electron chi connectivity index (χ2n) is 5.77. The molecule has 1 atom stereocenters. The molecule has 0 heterocycles. The van der Waals surface area contributed by atoms with E-state index in [0.717, 1.165) is 18.7 Å². The van der Waals surface area contributed by atoms with Crippen LogP contribution >= 0.6 is 0 Å². The van der Waals surface area contributed by atoms with Gasteiger partial charge in [-0.15, -0.1) is 0 Å². The first-order valence-electron chi connectivity index (χ1n) is 7.63. The molecule has 1 rings (SSSR count). The predicted octanol–water partition coefficient (Wildman–Crippen LogP) is 2.60. The Morgan fingerprint density at radius 3 is 2.36 bits per heavy atom. The fourth-order valence-electron chi connectivity index (χ4n) is 2.40. The van der Waals surface area contributed by atoms with Crippen molar-refractivity contribution < 1.29 is 18.8 Å². The summed E-state index contributed by atoms with van der Waals surface area (Å²) in [6, 6.07) is 5.09. The zero-order valence-corrected chi connectivity index (χ0v) is 14.4. The van der Waals surface area contributed by atoms with E-state index >= 15 is 0 Å². The summed E-state index contributed by atoms with van der Waals surface area (Å²) in [7, 11) is 3.39. The molecule has 0 bridgehead atoms. The van der Waals surface area contributed by atoms with Crippen molar-refractivity contribution in [3.05, 3.63) is 29.3 Å². The van der Waals surface area contributed by atoms with Gasteiger partial charge in [-0.1, -0.05) is 12.1 Å². The topological polar surface area (TPSA) is 55.4 Å². The van der Waals surface area contributed by atoms with Gasteiger partial charge in [0.2, 0.25) is 0 Å². The smallest absolute Gasteiger partial charge is 0.339 e. The minimum Gasteiger partial charge on any atom is -0.465 e. The average Bonchev–Trinajstić information content (AvgIpc) is 2.54. The van der Waals surface area contributed by atoms with Gasteiger partial charge in [-0.3, -0.25) is 4.79 Å². The molecule has 0 aliphatic carbocycles. The maximum Gasteiger partial charge on any atom is 0.339 e. The number of aryl methyl sites for hydroxylation is 1. The van der Waals surface area contributed by atoms with Crippen LogP contribution in [0.3, 0.4) is 0 Å². The fourth-order valence-corrected chi connectivity index (χ4v) is 2.40. The lowest BCUT2D eigenvalue weighted by Gasteiger charge is -2.37. The van der Waals surface area contributed by atoms with Gasteiger partial charge in [0.05, 0.1) is 38.5 Å². The van der Waals surface area contributed by atoms with Gasteiger partial charge in [0, 0.05) is 0 Å². The van der Waals surface area contributed by atoms with Gasteiger partial charge in [0.15, 0.2) is 6.04 Å². The lowest BCUT2D eigenvalue weighted by atomic mass is 10.1. The van der Waals surface area contributed by atoms with Crippen LogP contribution < -0.4 is 5.32 Å². The third-order valence-corrected chi connectivity index (χ3v) is 4.69. The minimum absolute atomic E-state index is 0.0920. The molecule has 0 aliphatic rings. The number of quaternary nitrogens is 1. The number of hydrogen-bond donors (Lipinski definition) is 1. The number of esters is 1. The van der Waals surface area contributed by atoms with E-state index in [1.807, 2.05) is 19.9 Å². The SMILES string of the molecule is CC[N+](C)(CC)C(C)C(=O)Nc1c(C)cccc1C(=O)OC. The standard InChI is InChI=1S/C17H26N2O3/c1-7-19(5,8-2)13(4)16(20)18-15-12(3)10-9-11-14(15)17(21)22-6/h9-11,13H,7-8H2,1-6H3/p+1. The summed E-state index contributed by atoms with van der Waals surface area (Å²) >= 11 is 0. The molecular formula is C17H27N2O3+. The summed E-state index contributed by atoms with van der Waals surface area (Å²) in [5.41, 5.74) is 1.75. The molecule has 0 radical (unpaired) electrons. The van der Waals surface area contributed by atoms with Crippen LogP contribution in [-0.2, 0) is 9.53 Å². The van der Waals surface area contributed by atoms with Crippen LogP contribution in [-0.4, -0.2) is 49.6 Å². The molecule has 1 amide bonds. The van der Waals surface area contributed by atoms with Gasteiger partial charge in [-0.2, -0.15) is 0 Å². The number of carbonyl (C=O) groups excluding carboxylic acids is 2. The third-order valence-electron chi connectivity index (χ3n) is 4.69. The summed E-state index contributed by atoms with van der Waals surface area (Å²) in [6.07, 6.45) is 0. The monoisotopic (exact) mass is 307 g/mol. The van der Waals surface area contributed by atoms with Crippen LogP contribution in [0.4, 0.5) is 5.69 Å². The summed E-state index contributed by atoms with van der Waals surface area (Å²) < 4.78 is 5.43. The van der Waals surface area contributed by atoms with Crippen molar-refractivity contribution in [1.82, 2.24) is 0 Å². The molecule has 0 fully saturated rings. The number of anilines is 1. The van der Waals surface area contributed by atoms with Crippen LogP contribution in [0.1, 0.15) is 36.7 Å². The molecule has 1 aromatic carbocycles. The van der Waals surface area contributed by atoms with Crippen LogP contribution in [0.5, 0.6) is 0 Å². The molecule has 0 saturated heterocycles. The summed E-state index contributed by atoms with van der Waals surface area (Å²) in [4.78, 5) is 24.5. The highest BCUT2D eigenvalue weighted by Crippen LogP contribution is 2.22. The molecule has 1 N–H and O–H groups in total. The van der Waals surface area contributed by atoms with Gasteiger partial charge < -0.3 is 14.5 Å². The van der Waals surface area contributed by atoms with E-state index in [1.165, 1.54) is 7.11 Å². The number of methoxy groups -OCH3 is 1. The summed E-state index contributed by atoms with van der Waals surface area (Å²) in [5.74, 6) is -0.541. The second-order valence-corrected chi connectivity index (χ2v) is 5.77. The number of para-hydroxylation sites is 1. The number of ether oxygens (including phenoxy) is 1. The van der Waals surface area contributed by atoms with Gasteiger partial charge >= 0.3 is 5.97 Å². The van der Waals surface area contributed by atoms with Crippen molar-refractivity contribution in [3.63, 3.8) is 0 Å². The Labute approximate surface area is 132 Å². The first-order valence-corrected chi connectivity index (χ1v) is 7.63. The number of hydrogen-bond acceptors (Lipinski definition) is 3. The average molecular weight is 307 g/mol. The van der Waals surface area contributed by atoms with Crippen molar-refractivity contribution in [2.24, 2.45) is 0 Å². The highest BCUT2D eigenvalue weighted by molar-refractivity contribution is 6.03. The highest BCUT2D eigenvalue weighted by Gasteiger charge is 2.32. The van der Waals surface area contributed by atoms with Gasteiger partial charge in [0.1, 0.15) is 0 Å². The van der Waals surface area contributed by atoms with E-state index in [9.17, 15) is 9.59 Å².